The largest absolute Gasteiger partial charge is 0.464 e. The van der Waals surface area contributed by atoms with Crippen LogP contribution >= 0.6 is 11.3 Å². The highest BCUT2D eigenvalue weighted by Gasteiger charge is 2.23. The molecule has 0 radical (unpaired) electrons. The molecular weight excluding hydrogens is 382 g/mol. The van der Waals surface area contributed by atoms with Gasteiger partial charge in [-0.3, -0.25) is 0 Å². The van der Waals surface area contributed by atoms with Crippen LogP contribution in [0.3, 0.4) is 0 Å². The Balaban J connectivity index is 1.82. The summed E-state index contributed by atoms with van der Waals surface area (Å²) in [5, 5.41) is 4.50. The van der Waals surface area contributed by atoms with Crippen molar-refractivity contribution in [2.75, 3.05) is 37.7 Å². The minimum atomic E-state index is 0.438. The second kappa shape index (κ2) is 7.57. The molecule has 0 unspecified atom stereocenters. The van der Waals surface area contributed by atoms with Crippen LogP contribution in [0.1, 0.15) is 12.6 Å². The maximum absolute atomic E-state index is 5.75. The van der Waals surface area contributed by atoms with Gasteiger partial charge < -0.3 is 15.0 Å². The monoisotopic (exact) mass is 405 g/mol. The lowest BCUT2D eigenvalue weighted by molar-refractivity contribution is 0.314. The van der Waals surface area contributed by atoms with Crippen LogP contribution in [-0.4, -0.2) is 47.7 Å². The average Bonchev–Trinajstić information content (AvgIpc) is 3.12. The van der Waals surface area contributed by atoms with E-state index in [9.17, 15) is 0 Å². The summed E-state index contributed by atoms with van der Waals surface area (Å²) in [4.78, 5) is 17.8. The SMILES string of the molecule is CCOc1nc(N2CCNCC2)c2sc3nc(C)cc(-c4ccccc4)c3c2n1. The number of benzene rings is 1. The quantitative estimate of drug-likeness (QED) is 0.553. The van der Waals surface area contributed by atoms with Gasteiger partial charge in [-0.15, -0.1) is 11.3 Å². The van der Waals surface area contributed by atoms with Crippen LogP contribution in [-0.2, 0) is 0 Å². The number of nitrogens with zero attached hydrogens (tertiary/aromatic N) is 4. The minimum Gasteiger partial charge on any atom is -0.464 e. The number of ether oxygens (including phenoxy) is 1. The smallest absolute Gasteiger partial charge is 0.319 e. The summed E-state index contributed by atoms with van der Waals surface area (Å²) in [7, 11) is 0. The summed E-state index contributed by atoms with van der Waals surface area (Å²) in [6.07, 6.45) is 0. The predicted octanol–water partition coefficient (Wildman–Crippen LogP) is 4.02. The van der Waals surface area contributed by atoms with Crippen molar-refractivity contribution in [1.29, 1.82) is 0 Å². The van der Waals surface area contributed by atoms with Gasteiger partial charge >= 0.3 is 6.01 Å². The molecule has 1 aliphatic heterocycles. The van der Waals surface area contributed by atoms with Crippen LogP contribution in [0.25, 0.3) is 31.6 Å². The minimum absolute atomic E-state index is 0.438. The van der Waals surface area contributed by atoms with Crippen molar-refractivity contribution in [2.45, 2.75) is 13.8 Å². The molecule has 4 heterocycles. The molecule has 1 saturated heterocycles. The van der Waals surface area contributed by atoms with Crippen molar-refractivity contribution in [3.63, 3.8) is 0 Å². The van der Waals surface area contributed by atoms with Crippen LogP contribution in [0.4, 0.5) is 5.82 Å². The van der Waals surface area contributed by atoms with Gasteiger partial charge in [-0.2, -0.15) is 9.97 Å². The van der Waals surface area contributed by atoms with Crippen molar-refractivity contribution in [3.05, 3.63) is 42.1 Å². The van der Waals surface area contributed by atoms with E-state index in [1.165, 1.54) is 5.56 Å². The van der Waals surface area contributed by atoms with Crippen LogP contribution in [0.15, 0.2) is 36.4 Å². The molecule has 1 fully saturated rings. The zero-order valence-electron chi connectivity index (χ0n) is 16.6. The number of nitrogens with one attached hydrogen (secondary N) is 1. The van der Waals surface area contributed by atoms with Crippen LogP contribution in [0.2, 0.25) is 0 Å². The second-order valence-corrected chi connectivity index (χ2v) is 8.14. The molecule has 0 bridgehead atoms. The topological polar surface area (TPSA) is 63.2 Å². The Morgan fingerprint density at radius 1 is 1.10 bits per heavy atom. The number of aromatic nitrogens is 3. The number of thiophene rings is 1. The fourth-order valence-electron chi connectivity index (χ4n) is 3.86. The van der Waals surface area contributed by atoms with E-state index < -0.39 is 0 Å². The van der Waals surface area contributed by atoms with Gasteiger partial charge in [0.1, 0.15) is 10.3 Å². The van der Waals surface area contributed by atoms with Crippen molar-refractivity contribution >= 4 is 37.6 Å². The molecule has 5 rings (SSSR count). The fraction of sp³-hybridized carbons (Fsp3) is 0.318. The first-order valence-electron chi connectivity index (χ1n) is 10.0. The van der Waals surface area contributed by atoms with E-state index >= 15 is 0 Å². The molecule has 0 atom stereocenters. The number of rotatable bonds is 4. The maximum Gasteiger partial charge on any atom is 0.319 e. The van der Waals surface area contributed by atoms with E-state index in [0.29, 0.717) is 12.6 Å². The molecule has 1 aromatic carbocycles. The standard InChI is InChI=1S/C22H23N5OS/c1-3-28-22-25-18-17-16(15-7-5-4-6-8-15)13-14(2)24-21(17)29-19(18)20(26-22)27-11-9-23-10-12-27/h4-8,13,23H,3,9-12H2,1-2H3. The molecule has 6 nitrogen and oxygen atoms in total. The molecule has 148 valence electrons. The lowest BCUT2D eigenvalue weighted by atomic mass is 10.0. The lowest BCUT2D eigenvalue weighted by Gasteiger charge is -2.28. The molecular formula is C22H23N5OS. The van der Waals surface area contributed by atoms with Gasteiger partial charge in [0.05, 0.1) is 11.3 Å². The molecule has 3 aromatic heterocycles. The zero-order chi connectivity index (χ0) is 19.8. The molecule has 1 N–H and O–H groups in total. The fourth-order valence-corrected chi connectivity index (χ4v) is 5.06. The summed E-state index contributed by atoms with van der Waals surface area (Å²) < 4.78 is 6.84. The number of anilines is 1. The van der Waals surface area contributed by atoms with Crippen LogP contribution < -0.4 is 15.0 Å². The molecule has 29 heavy (non-hydrogen) atoms. The zero-order valence-corrected chi connectivity index (χ0v) is 17.4. The molecule has 0 spiro atoms. The first kappa shape index (κ1) is 18.3. The van der Waals surface area contributed by atoms with Gasteiger partial charge in [-0.1, -0.05) is 30.3 Å². The molecule has 0 aliphatic carbocycles. The van der Waals surface area contributed by atoms with Gasteiger partial charge in [0.25, 0.3) is 0 Å². The predicted molar refractivity (Wildman–Crippen MR) is 119 cm³/mol. The average molecular weight is 406 g/mol. The van der Waals surface area contributed by atoms with Crippen molar-refractivity contribution < 1.29 is 4.74 Å². The molecule has 0 amide bonds. The maximum atomic E-state index is 5.75. The summed E-state index contributed by atoms with van der Waals surface area (Å²) in [6, 6.07) is 13.0. The summed E-state index contributed by atoms with van der Waals surface area (Å²) in [5.74, 6) is 0.958. The third-order valence-electron chi connectivity index (χ3n) is 5.15. The van der Waals surface area contributed by atoms with E-state index in [1.807, 2.05) is 19.9 Å². The van der Waals surface area contributed by atoms with E-state index in [0.717, 1.165) is 63.7 Å². The summed E-state index contributed by atoms with van der Waals surface area (Å²) in [5.41, 5.74) is 4.27. The Hall–Kier alpha value is -2.77. The number of pyridine rings is 1. The van der Waals surface area contributed by atoms with Gasteiger partial charge in [0.15, 0.2) is 5.82 Å². The Labute approximate surface area is 173 Å². The molecule has 4 aromatic rings. The normalized spacial score (nSPS) is 14.6. The highest BCUT2D eigenvalue weighted by Crippen LogP contribution is 2.42. The second-order valence-electron chi connectivity index (χ2n) is 7.14. The number of piperazine rings is 1. The Kier molecular flexibility index (Phi) is 4.77. The van der Waals surface area contributed by atoms with Crippen LogP contribution in [0, 0.1) is 6.92 Å². The third-order valence-corrected chi connectivity index (χ3v) is 6.22. The van der Waals surface area contributed by atoms with E-state index in [1.54, 1.807) is 11.3 Å². The van der Waals surface area contributed by atoms with Crippen molar-refractivity contribution in [1.82, 2.24) is 20.3 Å². The van der Waals surface area contributed by atoms with E-state index in [-0.39, 0.29) is 0 Å². The first-order chi connectivity index (χ1) is 14.2. The van der Waals surface area contributed by atoms with E-state index in [2.05, 4.69) is 40.5 Å². The van der Waals surface area contributed by atoms with Crippen LogP contribution in [0.5, 0.6) is 6.01 Å². The Bertz CT molecular complexity index is 1170. The summed E-state index contributed by atoms with van der Waals surface area (Å²) >= 11 is 1.68. The first-order valence-corrected chi connectivity index (χ1v) is 10.8. The summed E-state index contributed by atoms with van der Waals surface area (Å²) in [6.45, 7) is 8.29. The molecule has 1 aliphatic rings. The van der Waals surface area contributed by atoms with E-state index in [4.69, 9.17) is 19.7 Å². The van der Waals surface area contributed by atoms with Gasteiger partial charge in [0, 0.05) is 37.3 Å². The molecule has 0 saturated carbocycles. The van der Waals surface area contributed by atoms with Crippen molar-refractivity contribution in [2.24, 2.45) is 0 Å². The highest BCUT2D eigenvalue weighted by atomic mass is 32.1. The Morgan fingerprint density at radius 3 is 2.66 bits per heavy atom. The number of aryl methyl sites for hydroxylation is 1. The third kappa shape index (κ3) is 3.30. The van der Waals surface area contributed by atoms with Crippen molar-refractivity contribution in [3.8, 4) is 17.1 Å². The van der Waals surface area contributed by atoms with Gasteiger partial charge in [-0.25, -0.2) is 4.98 Å². The number of hydrogen-bond donors (Lipinski definition) is 1. The van der Waals surface area contributed by atoms with Gasteiger partial charge in [-0.05, 0) is 31.0 Å². The molecule has 7 heteroatoms. The number of hydrogen-bond acceptors (Lipinski definition) is 7. The lowest BCUT2D eigenvalue weighted by Crippen LogP contribution is -2.44. The Morgan fingerprint density at radius 2 is 1.90 bits per heavy atom. The highest BCUT2D eigenvalue weighted by molar-refractivity contribution is 7.26. The van der Waals surface area contributed by atoms with Gasteiger partial charge in [0.2, 0.25) is 0 Å². The number of fused-ring (bicyclic) bond motifs is 3.